The molecule has 0 N–H and O–H groups in total. The van der Waals surface area contributed by atoms with Gasteiger partial charge >= 0.3 is 11.9 Å². The SMILES string of the molecule is CC(=O)CCC(=O)O[C@H]1CC[C@H](O[C@@H]2[C@@H](C)O[C@@H](O[C@@H]3[C@@H](C)O[C@@H](O[C@H]4CC[C@H](O[C@@H]5[C@@H](C)O[C@@H](O[C@@H]6C[C@H](Oc7ccc(OCOCC[Si](C)(C)C)cc7)O[C@H](C)[C@H]6OC(=O)c6ccccc6)C[C@H]5OCc5ccc6ccccc6c5)O[C@H]4C)C[C@H]3OCc3ccccc3)C[C@H]2OCc2ccc3ccccc3c2)O[C@H]1C. The summed E-state index contributed by atoms with van der Waals surface area (Å²) in [4.78, 5) is 38.1. The number of benzene rings is 7. The monoisotopic (exact) mass is 1560 g/mol. The van der Waals surface area contributed by atoms with E-state index in [0.29, 0.717) is 75.4 Å². The summed E-state index contributed by atoms with van der Waals surface area (Å²) in [5.41, 5.74) is 3.40. The second-order valence-electron chi connectivity index (χ2n) is 31.8. The van der Waals surface area contributed by atoms with Crippen molar-refractivity contribution in [2.24, 2.45) is 0 Å². The number of hydrogen-bond acceptors (Lipinski definition) is 22. The van der Waals surface area contributed by atoms with Gasteiger partial charge in [0.25, 0.3) is 0 Å². The molecule has 604 valence electrons. The van der Waals surface area contributed by atoms with Crippen LogP contribution in [-0.4, -0.2) is 175 Å². The van der Waals surface area contributed by atoms with E-state index in [1.54, 1.807) is 24.3 Å². The Morgan fingerprint density at radius 2 is 0.830 bits per heavy atom. The summed E-state index contributed by atoms with van der Waals surface area (Å²) in [6, 6.07) is 56.4. The third-order valence-corrected chi connectivity index (χ3v) is 23.4. The molecule has 0 bridgehead atoms. The van der Waals surface area contributed by atoms with Crippen LogP contribution in [0.15, 0.2) is 170 Å². The summed E-state index contributed by atoms with van der Waals surface area (Å²) in [7, 11) is -1.24. The molecular weight excluding hydrogens is 1450 g/mol. The number of rotatable bonds is 33. The van der Waals surface area contributed by atoms with Gasteiger partial charge in [0.15, 0.2) is 44.3 Å². The number of hydrogen-bond donors (Lipinski definition) is 0. The molecule has 6 aliphatic heterocycles. The molecule has 0 aromatic heterocycles. The quantitative estimate of drug-likeness (QED) is 0.0161. The van der Waals surface area contributed by atoms with E-state index in [1.165, 1.54) is 6.92 Å². The molecule has 0 unspecified atom stereocenters. The molecule has 0 radical (unpaired) electrons. The highest BCUT2D eigenvalue weighted by molar-refractivity contribution is 6.76. The Hall–Kier alpha value is -7.11. The Morgan fingerprint density at radius 3 is 1.36 bits per heavy atom. The van der Waals surface area contributed by atoms with Crippen LogP contribution in [0.25, 0.3) is 21.5 Å². The summed E-state index contributed by atoms with van der Waals surface area (Å²) in [6.45, 7) is 21.7. The van der Waals surface area contributed by atoms with Crippen molar-refractivity contribution >= 4 is 47.3 Å². The summed E-state index contributed by atoms with van der Waals surface area (Å²) >= 11 is 0. The third-order valence-electron chi connectivity index (χ3n) is 21.7. The van der Waals surface area contributed by atoms with Gasteiger partial charge in [-0.25, -0.2) is 4.79 Å². The molecule has 22 nitrogen and oxygen atoms in total. The van der Waals surface area contributed by atoms with Gasteiger partial charge in [0, 0.05) is 59.6 Å². The lowest BCUT2D eigenvalue weighted by Crippen LogP contribution is -2.57. The molecule has 6 saturated heterocycles. The maximum Gasteiger partial charge on any atom is 0.338 e. The van der Waals surface area contributed by atoms with E-state index in [9.17, 15) is 14.4 Å². The molecule has 0 aliphatic carbocycles. The Labute approximate surface area is 659 Å². The second kappa shape index (κ2) is 39.5. The minimum absolute atomic E-state index is 0.0254. The largest absolute Gasteiger partial charge is 0.468 e. The molecule has 112 heavy (non-hydrogen) atoms. The molecule has 7 aromatic carbocycles. The van der Waals surface area contributed by atoms with E-state index in [4.69, 9.17) is 90.0 Å². The van der Waals surface area contributed by atoms with Gasteiger partial charge in [0.1, 0.15) is 47.8 Å². The maximum atomic E-state index is 13.9. The number of esters is 2. The first-order valence-corrected chi connectivity index (χ1v) is 43.8. The molecule has 13 rings (SSSR count). The lowest BCUT2D eigenvalue weighted by Gasteiger charge is -2.47. The lowest BCUT2D eigenvalue weighted by atomic mass is 9.99. The van der Waals surface area contributed by atoms with Gasteiger partial charge < -0.3 is 94.8 Å². The molecular formula is C89H112O22Si. The van der Waals surface area contributed by atoms with Gasteiger partial charge in [-0.05, 0) is 154 Å². The highest BCUT2D eigenvalue weighted by Crippen LogP contribution is 2.40. The predicted octanol–water partition coefficient (Wildman–Crippen LogP) is 15.8. The topological polar surface area (TPSA) is 227 Å². The second-order valence-corrected chi connectivity index (χ2v) is 37.4. The van der Waals surface area contributed by atoms with Crippen LogP contribution in [0.3, 0.4) is 0 Å². The van der Waals surface area contributed by atoms with E-state index in [-0.39, 0.29) is 51.0 Å². The number of Topliss-reactive ketones (excluding diaryl/α,β-unsaturated/α-hetero) is 1. The fourth-order valence-corrected chi connectivity index (χ4v) is 16.2. The number of ether oxygens (including phenoxy) is 19. The minimum atomic E-state index is -1.24. The predicted molar refractivity (Wildman–Crippen MR) is 419 cm³/mol. The van der Waals surface area contributed by atoms with Crippen molar-refractivity contribution in [2.75, 3.05) is 13.4 Å². The molecule has 0 amide bonds. The Bertz CT molecular complexity index is 4110. The van der Waals surface area contributed by atoms with E-state index >= 15 is 0 Å². The van der Waals surface area contributed by atoms with Crippen molar-refractivity contribution in [3.8, 4) is 11.5 Å². The molecule has 6 fully saturated rings. The summed E-state index contributed by atoms with van der Waals surface area (Å²) in [5, 5.41) is 4.47. The zero-order valence-electron chi connectivity index (χ0n) is 66.2. The third kappa shape index (κ3) is 23.3. The van der Waals surface area contributed by atoms with Gasteiger partial charge in [-0.3, -0.25) is 4.79 Å². The van der Waals surface area contributed by atoms with Crippen LogP contribution in [0.2, 0.25) is 25.7 Å². The molecule has 0 saturated carbocycles. The number of carbonyl (C=O) groups excluding carboxylic acids is 3. The van der Waals surface area contributed by atoms with Crippen LogP contribution in [0.1, 0.15) is 140 Å². The van der Waals surface area contributed by atoms with Crippen molar-refractivity contribution in [3.63, 3.8) is 0 Å². The standard InChI is InChI=1S/C89H112O22Si/c1-55(90)29-40-78(91)105-72-38-41-79(98-56(72)2)108-86-59(5)103-84(49-76(86)96-53-64-31-33-66-24-18-20-28-69(66)46-64)110-87-60(6)101-82(47-75(87)94-51-62-21-13-11-14-22-62)106-73-39-42-80(99-57(73)3)109-85-58(4)102-83(48-74(85)95-52-63-30-32-65-23-17-19-27-68(65)45-63)107-77-50-81(100-61(7)88(77)111-89(92)67-25-15-12-16-26-67)104-71-36-34-70(35-37-71)97-54-93-43-44-112(8,9)10/h11-28,30-37,45-46,56-61,72-77,79-88H,29,38-44,47-54H2,1-10H3/t56-,57-,58+,59+,60+,61+,72-,73-,74+,75+,76+,77+,79-,80-,81-,82-,83-,84-,85+,86+,87+,88+/m0/s1. The number of ketones is 1. The summed E-state index contributed by atoms with van der Waals surface area (Å²) in [5.74, 6) is 0.197. The molecule has 23 heteroatoms. The van der Waals surface area contributed by atoms with Crippen molar-refractivity contribution < 1.29 is 104 Å². The minimum Gasteiger partial charge on any atom is -0.468 e. The first-order chi connectivity index (χ1) is 54.1. The molecule has 6 aliphatic rings. The summed E-state index contributed by atoms with van der Waals surface area (Å²) < 4.78 is 126. The number of carbonyl (C=O) groups is 3. The molecule has 22 atom stereocenters. The lowest BCUT2D eigenvalue weighted by molar-refractivity contribution is -0.347. The zero-order valence-corrected chi connectivity index (χ0v) is 67.2. The fraction of sp³-hybridized carbons (Fsp3) is 0.539. The van der Waals surface area contributed by atoms with E-state index in [1.807, 2.05) is 126 Å². The molecule has 0 spiro atoms. The van der Waals surface area contributed by atoms with Crippen molar-refractivity contribution in [3.05, 3.63) is 192 Å². The summed E-state index contributed by atoms with van der Waals surface area (Å²) in [6.07, 6.45) is -9.89. The van der Waals surface area contributed by atoms with Crippen molar-refractivity contribution in [1.29, 1.82) is 0 Å². The van der Waals surface area contributed by atoms with Crippen LogP contribution in [0, 0.1) is 0 Å². The van der Waals surface area contributed by atoms with E-state index in [2.05, 4.69) is 80.3 Å². The van der Waals surface area contributed by atoms with Gasteiger partial charge in [-0.1, -0.05) is 141 Å². The normalized spacial score (nSPS) is 31.2. The van der Waals surface area contributed by atoms with Crippen LogP contribution in [0.5, 0.6) is 11.5 Å². The Morgan fingerprint density at radius 1 is 0.393 bits per heavy atom. The van der Waals surface area contributed by atoms with Crippen LogP contribution >= 0.6 is 0 Å². The van der Waals surface area contributed by atoms with E-state index < -0.39 is 149 Å². The smallest absolute Gasteiger partial charge is 0.338 e. The molecule has 6 heterocycles. The zero-order chi connectivity index (χ0) is 78.3. The first kappa shape index (κ1) is 82.9. The van der Waals surface area contributed by atoms with Gasteiger partial charge in [-0.15, -0.1) is 0 Å². The van der Waals surface area contributed by atoms with E-state index in [0.717, 1.165) is 44.3 Å². The van der Waals surface area contributed by atoms with Gasteiger partial charge in [0.05, 0.1) is 92.8 Å². The molecule has 7 aromatic rings. The average molecular weight is 1560 g/mol. The first-order valence-electron chi connectivity index (χ1n) is 40.1. The van der Waals surface area contributed by atoms with Crippen LogP contribution in [-0.2, 0) is 110 Å². The van der Waals surface area contributed by atoms with Crippen LogP contribution < -0.4 is 9.47 Å². The van der Waals surface area contributed by atoms with Crippen LogP contribution in [0.4, 0.5) is 0 Å². The average Bonchev–Trinajstić information content (AvgIpc) is 0.799. The Balaban J connectivity index is 0.663. The fourth-order valence-electron chi connectivity index (χ4n) is 15.5. The van der Waals surface area contributed by atoms with Crippen molar-refractivity contribution in [1.82, 2.24) is 0 Å². The van der Waals surface area contributed by atoms with Gasteiger partial charge in [-0.2, -0.15) is 0 Å². The van der Waals surface area contributed by atoms with Crippen molar-refractivity contribution in [2.45, 2.75) is 294 Å². The maximum absolute atomic E-state index is 13.9. The Kier molecular flexibility index (Phi) is 29.2. The highest BCUT2D eigenvalue weighted by atomic mass is 28.3. The van der Waals surface area contributed by atoms with Gasteiger partial charge in [0.2, 0.25) is 6.29 Å². The number of fused-ring (bicyclic) bond motifs is 2. The highest BCUT2D eigenvalue weighted by Gasteiger charge is 2.50.